The largest absolute Gasteiger partial charge is 0.352 e. The molecule has 1 aliphatic heterocycles. The normalized spacial score (nSPS) is 18.1. The predicted octanol–water partition coefficient (Wildman–Crippen LogP) is 8.94. The van der Waals surface area contributed by atoms with Crippen molar-refractivity contribution in [2.45, 2.75) is 12.3 Å². The van der Waals surface area contributed by atoms with Crippen LogP contribution in [0.4, 0.5) is 0 Å². The Bertz CT molecular complexity index is 2020. The molecule has 0 saturated heterocycles. The van der Waals surface area contributed by atoms with Gasteiger partial charge in [0.1, 0.15) is 0 Å². The maximum absolute atomic E-state index is 3.93. The summed E-state index contributed by atoms with van der Waals surface area (Å²) >= 11 is 1.90. The topological polar surface area (TPSA) is 20.2 Å². The van der Waals surface area contributed by atoms with Crippen molar-refractivity contribution in [3.05, 3.63) is 139 Å². The van der Waals surface area contributed by atoms with E-state index in [9.17, 15) is 0 Å². The van der Waals surface area contributed by atoms with Gasteiger partial charge in [-0.2, -0.15) is 0 Å². The molecule has 1 aliphatic rings. The van der Waals surface area contributed by atoms with E-state index >= 15 is 0 Å². The molecule has 5 aromatic carbocycles. The summed E-state index contributed by atoms with van der Waals surface area (Å²) in [5.41, 5.74) is 6.13. The number of hydrogen-bond acceptors (Lipinski definition) is 3. The van der Waals surface area contributed by atoms with Crippen molar-refractivity contribution in [3.8, 4) is 0 Å². The zero-order valence-corrected chi connectivity index (χ0v) is 22.4. The summed E-state index contributed by atoms with van der Waals surface area (Å²) in [6, 6.07) is 43.9. The molecule has 7 aromatic rings. The van der Waals surface area contributed by atoms with E-state index in [0.717, 1.165) is 5.70 Å². The molecule has 39 heavy (non-hydrogen) atoms. The molecule has 8 rings (SSSR count). The monoisotopic (exact) mass is 521 g/mol. The lowest BCUT2D eigenvalue weighted by molar-refractivity contribution is 0.124. The highest BCUT2D eigenvalue weighted by Crippen LogP contribution is 2.44. The van der Waals surface area contributed by atoms with Gasteiger partial charge in [-0.3, -0.25) is 4.90 Å². The number of fused-ring (bicyclic) bond motifs is 7. The molecule has 0 aliphatic carbocycles. The molecule has 0 spiro atoms. The third kappa shape index (κ3) is 3.46. The van der Waals surface area contributed by atoms with Crippen molar-refractivity contribution in [2.24, 2.45) is 0 Å². The molecule has 2 aromatic heterocycles. The van der Waals surface area contributed by atoms with Gasteiger partial charge < -0.3 is 9.88 Å². The number of likely N-dealkylation sites (N-methyl/N-ethyl adjacent to an activating group) is 1. The molecule has 2 unspecified atom stereocenters. The average molecular weight is 522 g/mol. The number of nitrogens with zero attached hydrogens (tertiary/aromatic N) is 2. The number of hydrogen-bond donors (Lipinski definition) is 1. The first-order chi connectivity index (χ1) is 19.3. The zero-order valence-electron chi connectivity index (χ0n) is 21.6. The van der Waals surface area contributed by atoms with Crippen molar-refractivity contribution >= 4 is 59.0 Å². The first-order valence-electron chi connectivity index (χ1n) is 13.4. The Labute approximate surface area is 231 Å². The van der Waals surface area contributed by atoms with Crippen LogP contribution in [0.15, 0.2) is 127 Å². The van der Waals surface area contributed by atoms with Crippen LogP contribution < -0.4 is 5.32 Å². The van der Waals surface area contributed by atoms with Gasteiger partial charge in [-0.05, 0) is 42.4 Å². The Morgan fingerprint density at radius 3 is 2.15 bits per heavy atom. The van der Waals surface area contributed by atoms with Gasteiger partial charge in [-0.1, -0.05) is 103 Å². The summed E-state index contributed by atoms with van der Waals surface area (Å²) in [7, 11) is 2.23. The lowest BCUT2D eigenvalue weighted by Gasteiger charge is -2.41. The lowest BCUT2D eigenvalue weighted by Crippen LogP contribution is -2.44. The third-order valence-electron chi connectivity index (χ3n) is 8.12. The van der Waals surface area contributed by atoms with Crippen LogP contribution >= 0.6 is 11.3 Å². The summed E-state index contributed by atoms with van der Waals surface area (Å²) in [5, 5.41) is 9.24. The molecule has 0 amide bonds. The van der Waals surface area contributed by atoms with E-state index in [2.05, 4.69) is 149 Å². The van der Waals surface area contributed by atoms with Gasteiger partial charge in [-0.25, -0.2) is 0 Å². The SMILES string of the molecule is CN1C(c2ccccc2)C=C(c2ccccc2)NC1n1c2ccccc2c2c3sc4ccccc4c3ccc21. The molecule has 0 radical (unpaired) electrons. The van der Waals surface area contributed by atoms with E-state index in [-0.39, 0.29) is 12.3 Å². The molecule has 4 heteroatoms. The predicted molar refractivity (Wildman–Crippen MR) is 166 cm³/mol. The fraction of sp³-hybridized carbons (Fsp3) is 0.0857. The Morgan fingerprint density at radius 2 is 1.33 bits per heavy atom. The quantitative estimate of drug-likeness (QED) is 0.250. The fourth-order valence-electron chi connectivity index (χ4n) is 6.27. The Hall–Kier alpha value is -4.38. The highest BCUT2D eigenvalue weighted by molar-refractivity contribution is 7.26. The number of nitrogens with one attached hydrogen (secondary N) is 1. The van der Waals surface area contributed by atoms with Gasteiger partial charge in [0.05, 0.1) is 17.1 Å². The average Bonchev–Trinajstić information content (AvgIpc) is 3.54. The minimum atomic E-state index is -0.0790. The van der Waals surface area contributed by atoms with Crippen LogP contribution in [0.5, 0.6) is 0 Å². The second-order valence-corrected chi connectivity index (χ2v) is 11.4. The molecule has 1 N–H and O–H groups in total. The first kappa shape index (κ1) is 22.6. The van der Waals surface area contributed by atoms with Gasteiger partial charge in [-0.15, -0.1) is 11.3 Å². The van der Waals surface area contributed by atoms with E-state index in [1.54, 1.807) is 0 Å². The summed E-state index contributed by atoms with van der Waals surface area (Å²) in [5.74, 6) is 0. The molecule has 3 nitrogen and oxygen atoms in total. The Kier molecular flexibility index (Phi) is 5.12. The third-order valence-corrected chi connectivity index (χ3v) is 9.33. The standard InChI is InChI=1S/C35H27N3S/c1-37-31(24-14-6-3-7-15-24)22-28(23-12-4-2-5-13-23)36-35(37)38-29-18-10-8-17-27(29)33-30(38)21-20-26-25-16-9-11-19-32(25)39-34(26)33/h2-22,31,35-36H,1H3. The Balaban J connectivity index is 1.40. The molecule has 0 fully saturated rings. The highest BCUT2D eigenvalue weighted by Gasteiger charge is 2.32. The highest BCUT2D eigenvalue weighted by atomic mass is 32.1. The van der Waals surface area contributed by atoms with E-state index in [4.69, 9.17) is 0 Å². The van der Waals surface area contributed by atoms with Crippen LogP contribution in [0.2, 0.25) is 0 Å². The molecule has 0 saturated carbocycles. The first-order valence-corrected chi connectivity index (χ1v) is 14.2. The fourth-order valence-corrected chi connectivity index (χ4v) is 7.53. The maximum Gasteiger partial charge on any atom is 0.162 e. The second kappa shape index (κ2) is 8.84. The number of aromatic nitrogens is 1. The van der Waals surface area contributed by atoms with Crippen LogP contribution in [0, 0.1) is 0 Å². The minimum absolute atomic E-state index is 0.0790. The summed E-state index contributed by atoms with van der Waals surface area (Å²) in [6.07, 6.45) is 2.28. The van der Waals surface area contributed by atoms with E-state index in [1.807, 2.05) is 11.3 Å². The van der Waals surface area contributed by atoms with Gasteiger partial charge in [0.25, 0.3) is 0 Å². The smallest absolute Gasteiger partial charge is 0.162 e. The number of benzene rings is 5. The minimum Gasteiger partial charge on any atom is -0.352 e. The molecule has 188 valence electrons. The summed E-state index contributed by atoms with van der Waals surface area (Å²) < 4.78 is 5.20. The molecule has 0 bridgehead atoms. The van der Waals surface area contributed by atoms with Crippen LogP contribution in [-0.2, 0) is 0 Å². The number of para-hydroxylation sites is 1. The number of rotatable bonds is 3. The molecule has 2 atom stereocenters. The van der Waals surface area contributed by atoms with Crippen LogP contribution in [0.1, 0.15) is 23.5 Å². The van der Waals surface area contributed by atoms with Crippen LogP contribution in [-0.4, -0.2) is 16.5 Å². The second-order valence-electron chi connectivity index (χ2n) is 10.3. The molecular formula is C35H27N3S. The van der Waals surface area contributed by atoms with Crippen LogP contribution in [0.25, 0.3) is 47.7 Å². The van der Waals surface area contributed by atoms with E-state index in [1.165, 1.54) is 53.1 Å². The van der Waals surface area contributed by atoms with Crippen molar-refractivity contribution in [3.63, 3.8) is 0 Å². The van der Waals surface area contributed by atoms with Gasteiger partial charge in [0.2, 0.25) is 0 Å². The molecular weight excluding hydrogens is 494 g/mol. The van der Waals surface area contributed by atoms with Gasteiger partial charge >= 0.3 is 0 Å². The van der Waals surface area contributed by atoms with Crippen molar-refractivity contribution in [1.82, 2.24) is 14.8 Å². The van der Waals surface area contributed by atoms with Gasteiger partial charge in [0.15, 0.2) is 6.29 Å². The zero-order chi connectivity index (χ0) is 25.9. The van der Waals surface area contributed by atoms with E-state index < -0.39 is 0 Å². The van der Waals surface area contributed by atoms with Crippen molar-refractivity contribution in [2.75, 3.05) is 7.05 Å². The summed E-state index contributed by atoms with van der Waals surface area (Å²) in [6.45, 7) is 0. The van der Waals surface area contributed by atoms with Gasteiger partial charge in [0, 0.05) is 36.6 Å². The lowest BCUT2D eigenvalue weighted by atomic mass is 10.00. The number of thiophene rings is 1. The van der Waals surface area contributed by atoms with Crippen molar-refractivity contribution < 1.29 is 0 Å². The Morgan fingerprint density at radius 1 is 0.641 bits per heavy atom. The van der Waals surface area contributed by atoms with E-state index in [0.29, 0.717) is 0 Å². The van der Waals surface area contributed by atoms with Crippen molar-refractivity contribution in [1.29, 1.82) is 0 Å². The summed E-state index contributed by atoms with van der Waals surface area (Å²) in [4.78, 5) is 2.45. The molecule has 3 heterocycles. The van der Waals surface area contributed by atoms with Crippen LogP contribution in [0.3, 0.4) is 0 Å². The maximum atomic E-state index is 3.93.